The number of aromatic nitrogens is 1. The van der Waals surface area contributed by atoms with Crippen molar-refractivity contribution in [2.45, 2.75) is 19.9 Å². The molecule has 1 aliphatic rings. The molecule has 29 heavy (non-hydrogen) atoms. The van der Waals surface area contributed by atoms with E-state index in [9.17, 15) is 4.79 Å². The standard InChI is InChI=1S/C23H25N3O2S/c1-16-17(2)29-23(25-22(27)18-7-4-3-5-8-18)20(16)21(19-9-6-10-24-15-19)26-11-13-28-14-12-26/h3-10,15,21H,11-14H2,1-2H3,(H,25,27)/t21-/m0/s1. The van der Waals surface area contributed by atoms with Crippen molar-refractivity contribution in [1.82, 2.24) is 9.88 Å². The summed E-state index contributed by atoms with van der Waals surface area (Å²) in [5.74, 6) is -0.0833. The largest absolute Gasteiger partial charge is 0.379 e. The molecule has 1 aromatic carbocycles. The first-order chi connectivity index (χ1) is 14.1. The van der Waals surface area contributed by atoms with Crippen molar-refractivity contribution in [3.8, 4) is 0 Å². The van der Waals surface area contributed by atoms with Crippen LogP contribution in [0.3, 0.4) is 0 Å². The molecule has 0 saturated carbocycles. The Kier molecular flexibility index (Phi) is 6.04. The van der Waals surface area contributed by atoms with Crippen molar-refractivity contribution in [1.29, 1.82) is 0 Å². The van der Waals surface area contributed by atoms with E-state index in [1.54, 1.807) is 17.5 Å². The van der Waals surface area contributed by atoms with Crippen LogP contribution in [0.1, 0.15) is 38.0 Å². The van der Waals surface area contributed by atoms with E-state index >= 15 is 0 Å². The number of anilines is 1. The molecule has 6 heteroatoms. The lowest BCUT2D eigenvalue weighted by Gasteiger charge is -2.35. The fraction of sp³-hybridized carbons (Fsp3) is 0.304. The summed E-state index contributed by atoms with van der Waals surface area (Å²) in [6, 6.07) is 13.5. The van der Waals surface area contributed by atoms with Crippen molar-refractivity contribution >= 4 is 22.2 Å². The van der Waals surface area contributed by atoms with Gasteiger partial charge in [0.05, 0.1) is 19.3 Å². The van der Waals surface area contributed by atoms with Gasteiger partial charge in [0.15, 0.2) is 0 Å². The molecule has 1 N–H and O–H groups in total. The van der Waals surface area contributed by atoms with Crippen LogP contribution in [0.2, 0.25) is 0 Å². The van der Waals surface area contributed by atoms with Crippen LogP contribution >= 0.6 is 11.3 Å². The van der Waals surface area contributed by atoms with Crippen molar-refractivity contribution in [3.63, 3.8) is 0 Å². The molecular weight excluding hydrogens is 382 g/mol. The maximum atomic E-state index is 12.9. The summed E-state index contributed by atoms with van der Waals surface area (Å²) in [5, 5.41) is 4.09. The average Bonchev–Trinajstić information content (AvgIpc) is 3.04. The Balaban J connectivity index is 1.75. The Morgan fingerprint density at radius 1 is 1.14 bits per heavy atom. The van der Waals surface area contributed by atoms with Crippen LogP contribution in [0.5, 0.6) is 0 Å². The van der Waals surface area contributed by atoms with Gasteiger partial charge in [-0.25, -0.2) is 0 Å². The number of thiophene rings is 1. The molecule has 0 spiro atoms. The second-order valence-electron chi connectivity index (χ2n) is 7.18. The first kappa shape index (κ1) is 19.8. The Hall–Kier alpha value is -2.54. The van der Waals surface area contributed by atoms with E-state index in [0.717, 1.165) is 29.2 Å². The Morgan fingerprint density at radius 2 is 1.90 bits per heavy atom. The zero-order valence-corrected chi connectivity index (χ0v) is 17.5. The molecule has 0 unspecified atom stereocenters. The number of ether oxygens (including phenoxy) is 1. The van der Waals surface area contributed by atoms with Gasteiger partial charge in [-0.3, -0.25) is 14.7 Å². The smallest absolute Gasteiger partial charge is 0.256 e. The molecule has 1 aliphatic heterocycles. The molecule has 1 fully saturated rings. The minimum atomic E-state index is -0.0833. The monoisotopic (exact) mass is 407 g/mol. The molecular formula is C23H25N3O2S. The number of nitrogens with zero attached hydrogens (tertiary/aromatic N) is 2. The van der Waals surface area contributed by atoms with Crippen molar-refractivity contribution in [3.05, 3.63) is 82.0 Å². The first-order valence-corrected chi connectivity index (χ1v) is 10.6. The number of carbonyl (C=O) groups excluding carboxylic acids is 1. The number of morpholine rings is 1. The molecule has 5 nitrogen and oxygen atoms in total. The predicted octanol–water partition coefficient (Wildman–Crippen LogP) is 4.43. The zero-order valence-electron chi connectivity index (χ0n) is 16.7. The Morgan fingerprint density at radius 3 is 2.59 bits per heavy atom. The average molecular weight is 408 g/mol. The zero-order chi connectivity index (χ0) is 20.2. The van der Waals surface area contributed by atoms with E-state index < -0.39 is 0 Å². The number of hydrogen-bond donors (Lipinski definition) is 1. The van der Waals surface area contributed by atoms with Crippen molar-refractivity contribution in [2.24, 2.45) is 0 Å². The summed E-state index contributed by atoms with van der Waals surface area (Å²) < 4.78 is 5.59. The molecule has 3 heterocycles. The maximum absolute atomic E-state index is 12.9. The molecule has 1 saturated heterocycles. The highest BCUT2D eigenvalue weighted by Crippen LogP contribution is 2.42. The van der Waals surface area contributed by atoms with E-state index in [2.05, 4.69) is 35.1 Å². The number of aryl methyl sites for hydroxylation is 1. The number of hydrogen-bond acceptors (Lipinski definition) is 5. The van der Waals surface area contributed by atoms with Crippen molar-refractivity contribution < 1.29 is 9.53 Å². The summed E-state index contributed by atoms with van der Waals surface area (Å²) in [6.07, 6.45) is 3.72. The van der Waals surface area contributed by atoms with E-state index in [1.165, 1.54) is 10.4 Å². The highest BCUT2D eigenvalue weighted by atomic mass is 32.1. The van der Waals surface area contributed by atoms with E-state index in [1.807, 2.05) is 42.6 Å². The van der Waals surface area contributed by atoms with Gasteiger partial charge in [-0.2, -0.15) is 0 Å². The third kappa shape index (κ3) is 4.24. The molecule has 2 aromatic heterocycles. The number of pyridine rings is 1. The van der Waals surface area contributed by atoms with Crippen LogP contribution in [0.25, 0.3) is 0 Å². The number of benzene rings is 1. The second kappa shape index (κ2) is 8.86. The van der Waals surface area contributed by atoms with Crippen LogP contribution in [0, 0.1) is 13.8 Å². The van der Waals surface area contributed by atoms with Gasteiger partial charge in [0, 0.05) is 41.5 Å². The van der Waals surface area contributed by atoms with Gasteiger partial charge in [0.1, 0.15) is 5.00 Å². The van der Waals surface area contributed by atoms with Gasteiger partial charge in [-0.05, 0) is 43.2 Å². The Labute approximate surface area is 175 Å². The minimum Gasteiger partial charge on any atom is -0.379 e. The van der Waals surface area contributed by atoms with Gasteiger partial charge in [-0.1, -0.05) is 24.3 Å². The van der Waals surface area contributed by atoms with Gasteiger partial charge in [-0.15, -0.1) is 11.3 Å². The highest BCUT2D eigenvalue weighted by Gasteiger charge is 2.30. The number of carbonyl (C=O) groups is 1. The minimum absolute atomic E-state index is 0.0311. The fourth-order valence-electron chi connectivity index (χ4n) is 3.76. The summed E-state index contributed by atoms with van der Waals surface area (Å²) in [5.41, 5.74) is 4.17. The number of rotatable bonds is 5. The van der Waals surface area contributed by atoms with E-state index in [-0.39, 0.29) is 11.9 Å². The number of amides is 1. The fourth-order valence-corrected chi connectivity index (χ4v) is 4.85. The van der Waals surface area contributed by atoms with Gasteiger partial charge in [0.25, 0.3) is 5.91 Å². The van der Waals surface area contributed by atoms with E-state index in [0.29, 0.717) is 18.8 Å². The van der Waals surface area contributed by atoms with Crippen LogP contribution < -0.4 is 5.32 Å². The Bertz CT molecular complexity index is 967. The van der Waals surface area contributed by atoms with Crippen LogP contribution in [0.4, 0.5) is 5.00 Å². The van der Waals surface area contributed by atoms with Gasteiger partial charge in [0.2, 0.25) is 0 Å². The molecule has 3 aromatic rings. The summed E-state index contributed by atoms with van der Waals surface area (Å²) >= 11 is 1.64. The van der Waals surface area contributed by atoms with Gasteiger partial charge < -0.3 is 10.1 Å². The third-order valence-electron chi connectivity index (χ3n) is 5.38. The quantitative estimate of drug-likeness (QED) is 0.680. The molecule has 4 rings (SSSR count). The lowest BCUT2D eigenvalue weighted by Crippen LogP contribution is -2.40. The molecule has 0 aliphatic carbocycles. The predicted molar refractivity (Wildman–Crippen MR) is 117 cm³/mol. The normalized spacial score (nSPS) is 15.8. The van der Waals surface area contributed by atoms with E-state index in [4.69, 9.17) is 4.74 Å². The summed E-state index contributed by atoms with van der Waals surface area (Å²) in [7, 11) is 0. The molecule has 1 atom stereocenters. The van der Waals surface area contributed by atoms with Gasteiger partial charge >= 0.3 is 0 Å². The maximum Gasteiger partial charge on any atom is 0.256 e. The summed E-state index contributed by atoms with van der Waals surface area (Å²) in [6.45, 7) is 7.37. The summed E-state index contributed by atoms with van der Waals surface area (Å²) in [4.78, 5) is 20.9. The highest BCUT2D eigenvalue weighted by molar-refractivity contribution is 7.16. The molecule has 1 amide bonds. The molecule has 0 bridgehead atoms. The lowest BCUT2D eigenvalue weighted by atomic mass is 9.95. The first-order valence-electron chi connectivity index (χ1n) is 9.83. The van der Waals surface area contributed by atoms with Crippen LogP contribution in [-0.2, 0) is 4.74 Å². The SMILES string of the molecule is Cc1sc(NC(=O)c2ccccc2)c([C@H](c2cccnc2)N2CCOCC2)c1C. The lowest BCUT2D eigenvalue weighted by molar-refractivity contribution is 0.0239. The molecule has 0 radical (unpaired) electrons. The molecule has 150 valence electrons. The van der Waals surface area contributed by atoms with Crippen molar-refractivity contribution in [2.75, 3.05) is 31.6 Å². The second-order valence-corrected chi connectivity index (χ2v) is 8.41. The van der Waals surface area contributed by atoms with Crippen LogP contribution in [-0.4, -0.2) is 42.1 Å². The third-order valence-corrected chi connectivity index (χ3v) is 6.52. The van der Waals surface area contributed by atoms with Crippen LogP contribution in [0.15, 0.2) is 54.9 Å². The number of nitrogens with one attached hydrogen (secondary N) is 1. The topological polar surface area (TPSA) is 54.5 Å².